The van der Waals surface area contributed by atoms with Crippen LogP contribution in [0.3, 0.4) is 0 Å². The molecule has 2 rings (SSSR count). The second kappa shape index (κ2) is 4.33. The van der Waals surface area contributed by atoms with Gasteiger partial charge in [-0.2, -0.15) is 0 Å². The van der Waals surface area contributed by atoms with Gasteiger partial charge >= 0.3 is 0 Å². The molecule has 0 unspecified atom stereocenters. The van der Waals surface area contributed by atoms with Gasteiger partial charge in [0.2, 0.25) is 0 Å². The summed E-state index contributed by atoms with van der Waals surface area (Å²) < 4.78 is 0. The van der Waals surface area contributed by atoms with E-state index in [-0.39, 0.29) is 10.6 Å². The molecule has 0 saturated carbocycles. The summed E-state index contributed by atoms with van der Waals surface area (Å²) in [6, 6.07) is 8.56. The van der Waals surface area contributed by atoms with E-state index in [1.54, 1.807) is 18.3 Å². The lowest BCUT2D eigenvalue weighted by molar-refractivity contribution is -0.384. The lowest BCUT2D eigenvalue weighted by Crippen LogP contribution is -1.91. The molecule has 17 heavy (non-hydrogen) atoms. The molecule has 0 aliphatic heterocycles. The average molecular weight is 228 g/mol. The fraction of sp³-hybridized carbons (Fsp3) is 0.154. The van der Waals surface area contributed by atoms with Crippen LogP contribution in [0, 0.1) is 24.0 Å². The minimum absolute atomic E-state index is 0.0995. The molecule has 0 fully saturated rings. The molecule has 0 aliphatic carbocycles. The number of nitro groups is 1. The topological polar surface area (TPSA) is 56.0 Å². The van der Waals surface area contributed by atoms with Gasteiger partial charge in [0, 0.05) is 29.6 Å². The molecule has 4 heteroatoms. The van der Waals surface area contributed by atoms with Crippen molar-refractivity contribution in [2.45, 2.75) is 13.8 Å². The van der Waals surface area contributed by atoms with Crippen LogP contribution in [0.1, 0.15) is 11.3 Å². The molecular weight excluding hydrogens is 216 g/mol. The monoisotopic (exact) mass is 228 g/mol. The van der Waals surface area contributed by atoms with Crippen molar-refractivity contribution >= 4 is 5.69 Å². The minimum Gasteiger partial charge on any atom is -0.261 e. The fourth-order valence-electron chi connectivity index (χ4n) is 1.79. The number of nitrogens with zero attached hydrogens (tertiary/aromatic N) is 2. The summed E-state index contributed by atoms with van der Waals surface area (Å²) >= 11 is 0. The minimum atomic E-state index is -0.388. The van der Waals surface area contributed by atoms with E-state index in [9.17, 15) is 10.1 Å². The van der Waals surface area contributed by atoms with Crippen LogP contribution in [-0.4, -0.2) is 9.91 Å². The predicted molar refractivity (Wildman–Crippen MR) is 65.8 cm³/mol. The number of non-ortho nitro benzene ring substituents is 1. The molecule has 1 heterocycles. The van der Waals surface area contributed by atoms with Crippen molar-refractivity contribution in [2.24, 2.45) is 0 Å². The molecule has 0 aliphatic rings. The van der Waals surface area contributed by atoms with E-state index >= 15 is 0 Å². The predicted octanol–water partition coefficient (Wildman–Crippen LogP) is 3.27. The Morgan fingerprint density at radius 1 is 1.24 bits per heavy atom. The number of rotatable bonds is 2. The van der Waals surface area contributed by atoms with E-state index < -0.39 is 0 Å². The van der Waals surface area contributed by atoms with Gasteiger partial charge in [-0.25, -0.2) is 0 Å². The van der Waals surface area contributed by atoms with Crippen molar-refractivity contribution in [1.82, 2.24) is 4.98 Å². The van der Waals surface area contributed by atoms with Gasteiger partial charge in [-0.1, -0.05) is 12.1 Å². The smallest absolute Gasteiger partial charge is 0.261 e. The number of benzene rings is 1. The molecule has 0 saturated heterocycles. The quantitative estimate of drug-likeness (QED) is 0.585. The number of pyridine rings is 1. The number of nitro benzene ring substituents is 1. The van der Waals surface area contributed by atoms with Crippen LogP contribution in [0.15, 0.2) is 36.5 Å². The zero-order chi connectivity index (χ0) is 12.4. The molecule has 0 N–H and O–H groups in total. The van der Waals surface area contributed by atoms with Crippen LogP contribution in [0.25, 0.3) is 11.1 Å². The first-order valence-corrected chi connectivity index (χ1v) is 5.26. The second-order valence-corrected chi connectivity index (χ2v) is 3.95. The Bertz CT molecular complexity index is 579. The molecule has 2 aromatic rings. The van der Waals surface area contributed by atoms with Gasteiger partial charge < -0.3 is 0 Å². The lowest BCUT2D eigenvalue weighted by atomic mass is 10.0. The largest absolute Gasteiger partial charge is 0.270 e. The van der Waals surface area contributed by atoms with Crippen molar-refractivity contribution in [3.8, 4) is 11.1 Å². The maximum Gasteiger partial charge on any atom is 0.270 e. The highest BCUT2D eigenvalue weighted by atomic mass is 16.6. The molecule has 4 nitrogen and oxygen atoms in total. The number of aryl methyl sites for hydroxylation is 2. The normalized spacial score (nSPS) is 10.2. The highest BCUT2D eigenvalue weighted by molar-refractivity contribution is 5.68. The zero-order valence-corrected chi connectivity index (χ0v) is 9.68. The van der Waals surface area contributed by atoms with Crippen molar-refractivity contribution in [1.29, 1.82) is 0 Å². The molecule has 86 valence electrons. The van der Waals surface area contributed by atoms with E-state index in [4.69, 9.17) is 0 Å². The van der Waals surface area contributed by atoms with E-state index in [2.05, 4.69) is 4.98 Å². The van der Waals surface area contributed by atoms with Crippen LogP contribution in [0.5, 0.6) is 0 Å². The maximum atomic E-state index is 10.7. The molecule has 0 atom stereocenters. The molecule has 0 bridgehead atoms. The van der Waals surface area contributed by atoms with Gasteiger partial charge in [-0.05, 0) is 31.0 Å². The van der Waals surface area contributed by atoms with Gasteiger partial charge in [0.05, 0.1) is 4.92 Å². The Balaban J connectivity index is 2.53. The summed E-state index contributed by atoms with van der Waals surface area (Å²) in [4.78, 5) is 14.5. The third-order valence-corrected chi connectivity index (χ3v) is 2.62. The molecular formula is C13H12N2O2. The standard InChI is InChI=1S/C13H12N2O2/c1-9-6-10(2)14-8-13(9)11-4-3-5-12(7-11)15(16)17/h3-8H,1-2H3. The molecule has 1 aromatic carbocycles. The highest BCUT2D eigenvalue weighted by Gasteiger charge is 2.08. The van der Waals surface area contributed by atoms with E-state index in [1.165, 1.54) is 6.07 Å². The van der Waals surface area contributed by atoms with E-state index in [0.717, 1.165) is 22.4 Å². The summed E-state index contributed by atoms with van der Waals surface area (Å²) in [5.74, 6) is 0. The Morgan fingerprint density at radius 3 is 2.65 bits per heavy atom. The first kappa shape index (κ1) is 11.3. The SMILES string of the molecule is Cc1cc(C)c(-c2cccc([N+](=O)[O-])c2)cn1. The van der Waals surface area contributed by atoms with E-state index in [0.29, 0.717) is 0 Å². The third-order valence-electron chi connectivity index (χ3n) is 2.62. The fourth-order valence-corrected chi connectivity index (χ4v) is 1.79. The molecule has 1 aromatic heterocycles. The second-order valence-electron chi connectivity index (χ2n) is 3.95. The molecule has 0 amide bonds. The summed E-state index contributed by atoms with van der Waals surface area (Å²) in [5, 5.41) is 10.7. The van der Waals surface area contributed by atoms with Crippen molar-refractivity contribution in [2.75, 3.05) is 0 Å². The summed E-state index contributed by atoms with van der Waals surface area (Å²) in [6.45, 7) is 3.90. The van der Waals surface area contributed by atoms with Crippen LogP contribution in [0.4, 0.5) is 5.69 Å². The van der Waals surface area contributed by atoms with Crippen LogP contribution < -0.4 is 0 Å². The summed E-state index contributed by atoms with van der Waals surface area (Å²) in [6.07, 6.45) is 1.75. The van der Waals surface area contributed by atoms with E-state index in [1.807, 2.05) is 26.0 Å². The van der Waals surface area contributed by atoms with Crippen LogP contribution in [0.2, 0.25) is 0 Å². The van der Waals surface area contributed by atoms with Crippen molar-refractivity contribution in [3.05, 3.63) is 57.9 Å². The molecule has 0 radical (unpaired) electrons. The summed E-state index contributed by atoms with van der Waals surface area (Å²) in [7, 11) is 0. The third kappa shape index (κ3) is 2.30. The molecule has 0 spiro atoms. The first-order chi connectivity index (χ1) is 8.08. The Morgan fingerprint density at radius 2 is 2.00 bits per heavy atom. The first-order valence-electron chi connectivity index (χ1n) is 5.26. The number of hydrogen-bond acceptors (Lipinski definition) is 3. The zero-order valence-electron chi connectivity index (χ0n) is 9.68. The van der Waals surface area contributed by atoms with Gasteiger partial charge in [0.25, 0.3) is 5.69 Å². The van der Waals surface area contributed by atoms with Crippen molar-refractivity contribution in [3.63, 3.8) is 0 Å². The average Bonchev–Trinajstić information content (AvgIpc) is 2.29. The number of aromatic nitrogens is 1. The van der Waals surface area contributed by atoms with Crippen molar-refractivity contribution < 1.29 is 4.92 Å². The lowest BCUT2D eigenvalue weighted by Gasteiger charge is -2.06. The van der Waals surface area contributed by atoms with Gasteiger partial charge in [0.1, 0.15) is 0 Å². The van der Waals surface area contributed by atoms with Gasteiger partial charge in [-0.3, -0.25) is 15.1 Å². The maximum absolute atomic E-state index is 10.7. The Kier molecular flexibility index (Phi) is 2.87. The van der Waals surface area contributed by atoms with Crippen LogP contribution in [-0.2, 0) is 0 Å². The van der Waals surface area contributed by atoms with Gasteiger partial charge in [-0.15, -0.1) is 0 Å². The Hall–Kier alpha value is -2.23. The van der Waals surface area contributed by atoms with Crippen LogP contribution >= 0.6 is 0 Å². The number of hydrogen-bond donors (Lipinski definition) is 0. The summed E-state index contributed by atoms with van der Waals surface area (Å²) in [5.41, 5.74) is 3.86. The highest BCUT2D eigenvalue weighted by Crippen LogP contribution is 2.26. The Labute approximate surface area is 99.1 Å². The van der Waals surface area contributed by atoms with Gasteiger partial charge in [0.15, 0.2) is 0 Å².